The fraction of sp³-hybridized carbons (Fsp3) is 0.310. The third-order valence-electron chi connectivity index (χ3n) is 6.40. The monoisotopic (exact) mass is 589 g/mol. The molecular weight excluding hydrogens is 557 g/mol. The minimum Gasteiger partial charge on any atom is -0.354 e. The van der Waals surface area contributed by atoms with Crippen molar-refractivity contribution in [2.45, 2.75) is 51.6 Å². The molecule has 0 heterocycles. The van der Waals surface area contributed by atoms with Crippen LogP contribution in [0.25, 0.3) is 0 Å². The van der Waals surface area contributed by atoms with Crippen molar-refractivity contribution in [2.24, 2.45) is 0 Å². The van der Waals surface area contributed by atoms with E-state index in [1.54, 1.807) is 19.1 Å². The molecule has 0 saturated heterocycles. The van der Waals surface area contributed by atoms with E-state index in [-0.39, 0.29) is 33.1 Å². The van der Waals surface area contributed by atoms with Gasteiger partial charge in [0.15, 0.2) is 0 Å². The second-order valence-corrected chi connectivity index (χ2v) is 12.0. The smallest absolute Gasteiger partial charge is 0.264 e. The van der Waals surface area contributed by atoms with Crippen LogP contribution >= 0.6 is 23.2 Å². The number of halogens is 2. The number of anilines is 1. The average molecular weight is 591 g/mol. The highest BCUT2D eigenvalue weighted by molar-refractivity contribution is 7.92. The van der Waals surface area contributed by atoms with E-state index in [0.717, 1.165) is 27.4 Å². The molecule has 3 aromatic carbocycles. The molecule has 0 spiro atoms. The lowest BCUT2D eigenvalue weighted by atomic mass is 10.1. The highest BCUT2D eigenvalue weighted by Gasteiger charge is 2.32. The number of aryl methyl sites for hydroxylation is 2. The van der Waals surface area contributed by atoms with Crippen molar-refractivity contribution >= 4 is 50.7 Å². The Bertz CT molecular complexity index is 1430. The summed E-state index contributed by atoms with van der Waals surface area (Å²) in [5, 5.41) is 3.23. The summed E-state index contributed by atoms with van der Waals surface area (Å²) < 4.78 is 28.7. The quantitative estimate of drug-likeness (QED) is 0.308. The van der Waals surface area contributed by atoms with Gasteiger partial charge in [0, 0.05) is 13.1 Å². The second kappa shape index (κ2) is 13.3. The van der Waals surface area contributed by atoms with Crippen LogP contribution in [0.4, 0.5) is 5.69 Å². The highest BCUT2D eigenvalue weighted by Crippen LogP contribution is 2.31. The van der Waals surface area contributed by atoms with Gasteiger partial charge in [0.25, 0.3) is 10.0 Å². The first kappa shape index (κ1) is 30.5. The van der Waals surface area contributed by atoms with Crippen LogP contribution in [0.15, 0.2) is 71.6 Å². The van der Waals surface area contributed by atoms with E-state index in [1.807, 2.05) is 45.0 Å². The molecule has 0 aromatic heterocycles. The molecule has 0 fully saturated rings. The summed E-state index contributed by atoms with van der Waals surface area (Å²) in [6, 6.07) is 17.4. The molecule has 0 radical (unpaired) electrons. The standard InChI is InChI=1S/C29H33Cl2N3O4S/c1-5-16-32-29(36)22(4)33(18-23-9-7-6-8-21(23)3)28(35)19-34(24-12-15-26(30)27(31)17-24)39(37,38)25-13-10-20(2)11-14-25/h6-15,17,22H,5,16,18-19H2,1-4H3,(H,32,36). The second-order valence-electron chi connectivity index (χ2n) is 9.34. The first-order valence-electron chi connectivity index (χ1n) is 12.6. The zero-order valence-corrected chi connectivity index (χ0v) is 24.8. The van der Waals surface area contributed by atoms with Crippen molar-refractivity contribution in [3.63, 3.8) is 0 Å². The summed E-state index contributed by atoms with van der Waals surface area (Å²) in [4.78, 5) is 28.3. The molecule has 208 valence electrons. The lowest BCUT2D eigenvalue weighted by Crippen LogP contribution is -2.51. The van der Waals surface area contributed by atoms with Crippen LogP contribution < -0.4 is 9.62 Å². The molecule has 7 nitrogen and oxygen atoms in total. The van der Waals surface area contributed by atoms with E-state index in [1.165, 1.54) is 35.2 Å². The number of carbonyl (C=O) groups is 2. The molecule has 0 aliphatic heterocycles. The Labute approximate surface area is 240 Å². The van der Waals surface area contributed by atoms with Crippen LogP contribution in [0.5, 0.6) is 0 Å². The van der Waals surface area contributed by atoms with Gasteiger partial charge in [-0.2, -0.15) is 0 Å². The number of benzene rings is 3. The van der Waals surface area contributed by atoms with Gasteiger partial charge < -0.3 is 10.2 Å². The third-order valence-corrected chi connectivity index (χ3v) is 8.92. The molecule has 3 aromatic rings. The molecule has 1 atom stereocenters. The summed E-state index contributed by atoms with van der Waals surface area (Å²) in [6.07, 6.45) is 0.740. The molecule has 0 aliphatic carbocycles. The third kappa shape index (κ3) is 7.53. The number of carbonyl (C=O) groups excluding carboxylic acids is 2. The summed E-state index contributed by atoms with van der Waals surface area (Å²) in [7, 11) is -4.19. The number of amides is 2. The first-order valence-corrected chi connectivity index (χ1v) is 14.8. The molecule has 2 amide bonds. The van der Waals surface area contributed by atoms with Crippen molar-refractivity contribution in [2.75, 3.05) is 17.4 Å². The number of sulfonamides is 1. The van der Waals surface area contributed by atoms with Gasteiger partial charge in [0.05, 0.1) is 20.6 Å². The van der Waals surface area contributed by atoms with Gasteiger partial charge in [-0.3, -0.25) is 13.9 Å². The predicted octanol–water partition coefficient (Wildman–Crippen LogP) is 5.75. The van der Waals surface area contributed by atoms with Crippen LogP contribution in [-0.4, -0.2) is 44.3 Å². The minimum atomic E-state index is -4.19. The fourth-order valence-electron chi connectivity index (χ4n) is 3.96. The van der Waals surface area contributed by atoms with E-state index < -0.39 is 28.5 Å². The zero-order valence-electron chi connectivity index (χ0n) is 22.4. The van der Waals surface area contributed by atoms with E-state index in [4.69, 9.17) is 23.2 Å². The van der Waals surface area contributed by atoms with E-state index in [2.05, 4.69) is 5.32 Å². The minimum absolute atomic E-state index is 0.0196. The SMILES string of the molecule is CCCNC(=O)C(C)N(Cc1ccccc1C)C(=O)CN(c1ccc(Cl)c(Cl)c1)S(=O)(=O)c1ccc(C)cc1. The Morgan fingerprint density at radius 3 is 2.23 bits per heavy atom. The van der Waals surface area contributed by atoms with Crippen LogP contribution in [0.2, 0.25) is 10.0 Å². The summed E-state index contributed by atoms with van der Waals surface area (Å²) in [5.41, 5.74) is 2.87. The van der Waals surface area contributed by atoms with Crippen LogP contribution in [-0.2, 0) is 26.2 Å². The highest BCUT2D eigenvalue weighted by atomic mass is 35.5. The summed E-state index contributed by atoms with van der Waals surface area (Å²) >= 11 is 12.3. The van der Waals surface area contributed by atoms with Gasteiger partial charge in [-0.25, -0.2) is 8.42 Å². The Morgan fingerprint density at radius 2 is 1.62 bits per heavy atom. The Hall–Kier alpha value is -3.07. The lowest BCUT2D eigenvalue weighted by Gasteiger charge is -2.32. The zero-order chi connectivity index (χ0) is 28.7. The van der Waals surface area contributed by atoms with Crippen molar-refractivity contribution in [3.05, 3.63) is 93.5 Å². The molecule has 3 rings (SSSR count). The predicted molar refractivity (Wildman–Crippen MR) is 157 cm³/mol. The van der Waals surface area contributed by atoms with E-state index in [0.29, 0.717) is 6.54 Å². The number of hydrogen-bond donors (Lipinski definition) is 1. The van der Waals surface area contributed by atoms with E-state index in [9.17, 15) is 18.0 Å². The largest absolute Gasteiger partial charge is 0.354 e. The number of nitrogens with one attached hydrogen (secondary N) is 1. The molecule has 0 bridgehead atoms. The average Bonchev–Trinajstić information content (AvgIpc) is 2.91. The molecular formula is C29H33Cl2N3O4S. The maximum absolute atomic E-state index is 13.9. The molecule has 10 heteroatoms. The normalized spacial score (nSPS) is 12.1. The van der Waals surface area contributed by atoms with Crippen molar-refractivity contribution in [1.29, 1.82) is 0 Å². The van der Waals surface area contributed by atoms with Crippen molar-refractivity contribution < 1.29 is 18.0 Å². The topological polar surface area (TPSA) is 86.8 Å². The summed E-state index contributed by atoms with van der Waals surface area (Å²) in [6.45, 7) is 7.39. The Balaban J connectivity index is 2.05. The Kier molecular flexibility index (Phi) is 10.4. The Morgan fingerprint density at radius 1 is 0.949 bits per heavy atom. The van der Waals surface area contributed by atoms with Crippen molar-refractivity contribution in [1.82, 2.24) is 10.2 Å². The van der Waals surface area contributed by atoms with Gasteiger partial charge >= 0.3 is 0 Å². The van der Waals surface area contributed by atoms with Crippen LogP contribution in [0, 0.1) is 13.8 Å². The maximum atomic E-state index is 13.9. The van der Waals surface area contributed by atoms with Gasteiger partial charge in [-0.05, 0) is 68.7 Å². The van der Waals surface area contributed by atoms with Crippen molar-refractivity contribution in [3.8, 4) is 0 Å². The summed E-state index contributed by atoms with van der Waals surface area (Å²) in [5.74, 6) is -0.861. The molecule has 1 unspecified atom stereocenters. The van der Waals surface area contributed by atoms with Gasteiger partial charge in [-0.15, -0.1) is 0 Å². The molecule has 1 N–H and O–H groups in total. The molecule has 0 saturated carbocycles. The number of nitrogens with zero attached hydrogens (tertiary/aromatic N) is 2. The first-order chi connectivity index (χ1) is 18.4. The molecule has 0 aliphatic rings. The maximum Gasteiger partial charge on any atom is 0.264 e. The van der Waals surface area contributed by atoms with Crippen LogP contribution in [0.3, 0.4) is 0 Å². The van der Waals surface area contributed by atoms with Crippen LogP contribution in [0.1, 0.15) is 37.0 Å². The number of rotatable bonds is 11. The lowest BCUT2D eigenvalue weighted by molar-refractivity contribution is -0.139. The molecule has 39 heavy (non-hydrogen) atoms. The van der Waals surface area contributed by atoms with E-state index >= 15 is 0 Å². The number of hydrogen-bond acceptors (Lipinski definition) is 4. The van der Waals surface area contributed by atoms with Gasteiger partial charge in [-0.1, -0.05) is 72.1 Å². The van der Waals surface area contributed by atoms with Gasteiger partial charge in [0.2, 0.25) is 11.8 Å². The van der Waals surface area contributed by atoms with Gasteiger partial charge in [0.1, 0.15) is 12.6 Å². The fourth-order valence-corrected chi connectivity index (χ4v) is 5.65.